The number of rotatable bonds is 6. The van der Waals surface area contributed by atoms with Crippen LogP contribution in [-0.2, 0) is 4.79 Å². The molecule has 1 saturated heterocycles. The van der Waals surface area contributed by atoms with E-state index >= 15 is 0 Å². The fourth-order valence-corrected chi connectivity index (χ4v) is 4.22. The maximum Gasteiger partial charge on any atom is 0.300 e. The van der Waals surface area contributed by atoms with E-state index in [1.54, 1.807) is 0 Å². The first-order chi connectivity index (χ1) is 15.8. The zero-order chi connectivity index (χ0) is 23.8. The van der Waals surface area contributed by atoms with Gasteiger partial charge in [-0.05, 0) is 68.8 Å². The molecule has 0 aliphatic carbocycles. The molecule has 0 bridgehead atoms. The predicted molar refractivity (Wildman–Crippen MR) is 131 cm³/mol. The van der Waals surface area contributed by atoms with Crippen molar-refractivity contribution < 1.29 is 13.6 Å². The summed E-state index contributed by atoms with van der Waals surface area (Å²) in [5.41, 5.74) is 2.98. The van der Waals surface area contributed by atoms with Crippen LogP contribution >= 0.6 is 11.6 Å². The molecular weight excluding hydrogens is 444 g/mol. The Kier molecular flexibility index (Phi) is 9.11. The van der Waals surface area contributed by atoms with Crippen LogP contribution in [0.3, 0.4) is 0 Å². The highest BCUT2D eigenvalue weighted by Crippen LogP contribution is 2.25. The second-order valence-electron chi connectivity index (χ2n) is 8.42. The molecule has 3 rings (SSSR count). The minimum absolute atomic E-state index is 0.0940. The van der Waals surface area contributed by atoms with Gasteiger partial charge in [0.15, 0.2) is 0 Å². The third-order valence-corrected chi connectivity index (χ3v) is 6.18. The molecule has 1 heterocycles. The summed E-state index contributed by atoms with van der Waals surface area (Å²) < 4.78 is 25.5. The maximum atomic E-state index is 12.7. The average Bonchev–Trinajstić information content (AvgIpc) is 3.05. The lowest BCUT2D eigenvalue weighted by atomic mass is 10.1. The zero-order valence-electron chi connectivity index (χ0n) is 19.1. The summed E-state index contributed by atoms with van der Waals surface area (Å²) in [7, 11) is 2.09. The van der Waals surface area contributed by atoms with Crippen LogP contribution in [-0.4, -0.2) is 44.0 Å². The molecule has 176 valence electrons. The normalized spacial score (nSPS) is 14.4. The molecule has 0 atom stereocenters. The van der Waals surface area contributed by atoms with Crippen LogP contribution in [0.5, 0.6) is 0 Å². The number of nitrogens with one attached hydrogen (secondary N) is 1. The van der Waals surface area contributed by atoms with Gasteiger partial charge in [-0.1, -0.05) is 36.4 Å². The van der Waals surface area contributed by atoms with Gasteiger partial charge in [-0.25, -0.2) is 8.78 Å². The molecule has 1 amide bonds. The molecule has 1 N–H and O–H groups in total. The van der Waals surface area contributed by atoms with Gasteiger partial charge in [-0.15, -0.1) is 0 Å². The van der Waals surface area contributed by atoms with E-state index in [0.717, 1.165) is 24.3 Å². The van der Waals surface area contributed by atoms with Gasteiger partial charge < -0.3 is 15.1 Å². The van der Waals surface area contributed by atoms with E-state index in [-0.39, 0.29) is 10.6 Å². The summed E-state index contributed by atoms with van der Waals surface area (Å²) in [6, 6.07) is 9.59. The number of alkyl halides is 2. The van der Waals surface area contributed by atoms with Crippen LogP contribution in [0.1, 0.15) is 48.8 Å². The van der Waals surface area contributed by atoms with E-state index in [9.17, 15) is 13.6 Å². The summed E-state index contributed by atoms with van der Waals surface area (Å²) in [5, 5.41) is 2.85. The van der Waals surface area contributed by atoms with Crippen molar-refractivity contribution in [2.75, 3.05) is 43.4 Å². The van der Waals surface area contributed by atoms with Gasteiger partial charge in [0.05, 0.1) is 5.02 Å². The Labute approximate surface area is 199 Å². The molecule has 0 unspecified atom stereocenters. The molecule has 0 spiro atoms. The highest BCUT2D eigenvalue weighted by atomic mass is 35.5. The molecule has 4 nitrogen and oxygen atoms in total. The third kappa shape index (κ3) is 7.45. The summed E-state index contributed by atoms with van der Waals surface area (Å²) in [6.07, 6.45) is 2.63. The van der Waals surface area contributed by atoms with E-state index in [4.69, 9.17) is 11.6 Å². The third-order valence-electron chi connectivity index (χ3n) is 5.87. The van der Waals surface area contributed by atoms with Crippen LogP contribution in [0, 0.1) is 18.8 Å². The van der Waals surface area contributed by atoms with Crippen molar-refractivity contribution in [3.05, 3.63) is 58.1 Å². The van der Waals surface area contributed by atoms with Crippen LogP contribution in [0.15, 0.2) is 36.4 Å². The van der Waals surface area contributed by atoms with Crippen LogP contribution < -0.4 is 10.2 Å². The standard InChI is InChI=1S/C26H30ClF2N3O/c1-19-17-22(10-11-24(19)31(2)15-16-32-13-5-3-4-6-14-32)30-25(33)12-9-20-7-8-21(26(28)29)18-23(20)27/h7-8,10-11,17-18,26H,3-6,13-16H2,1-2H3,(H,30,33). The highest BCUT2D eigenvalue weighted by Gasteiger charge is 2.12. The minimum atomic E-state index is -2.60. The van der Waals surface area contributed by atoms with Crippen molar-refractivity contribution >= 4 is 28.9 Å². The topological polar surface area (TPSA) is 35.6 Å². The van der Waals surface area contributed by atoms with Crippen LogP contribution in [0.2, 0.25) is 5.02 Å². The van der Waals surface area contributed by atoms with E-state index in [0.29, 0.717) is 11.3 Å². The quantitative estimate of drug-likeness (QED) is 0.531. The van der Waals surface area contributed by atoms with Crippen molar-refractivity contribution in [2.45, 2.75) is 39.0 Å². The molecule has 0 radical (unpaired) electrons. The Hall–Kier alpha value is -2.62. The van der Waals surface area contributed by atoms with Crippen molar-refractivity contribution in [1.29, 1.82) is 0 Å². The number of aryl methyl sites for hydroxylation is 1. The van der Waals surface area contributed by atoms with Gasteiger partial charge in [0.25, 0.3) is 6.43 Å². The molecule has 0 aromatic heterocycles. The molecule has 2 aromatic rings. The number of likely N-dealkylation sites (N-methyl/N-ethyl adjacent to an activating group) is 1. The van der Waals surface area contributed by atoms with E-state index in [2.05, 4.69) is 34.0 Å². The van der Waals surface area contributed by atoms with Crippen molar-refractivity contribution in [2.24, 2.45) is 0 Å². The van der Waals surface area contributed by atoms with E-state index in [1.165, 1.54) is 57.0 Å². The minimum Gasteiger partial charge on any atom is -0.373 e. The summed E-state index contributed by atoms with van der Waals surface area (Å²) in [6.45, 7) is 6.37. The van der Waals surface area contributed by atoms with Gasteiger partial charge in [-0.2, -0.15) is 0 Å². The number of amides is 1. The van der Waals surface area contributed by atoms with Crippen molar-refractivity contribution in [3.63, 3.8) is 0 Å². The SMILES string of the molecule is Cc1cc(NC(=O)C#Cc2ccc(C(F)F)cc2Cl)ccc1N(C)CCN1CCCCCC1. The monoisotopic (exact) mass is 473 g/mol. The zero-order valence-corrected chi connectivity index (χ0v) is 19.9. The number of carbonyl (C=O) groups is 1. The second kappa shape index (κ2) is 12.0. The molecular formula is C26H30ClF2N3O. The number of halogens is 3. The average molecular weight is 474 g/mol. The van der Waals surface area contributed by atoms with Gasteiger partial charge in [0.2, 0.25) is 0 Å². The van der Waals surface area contributed by atoms with Crippen molar-refractivity contribution in [3.8, 4) is 11.8 Å². The lowest BCUT2D eigenvalue weighted by Gasteiger charge is -2.26. The molecule has 1 aliphatic heterocycles. The lowest BCUT2D eigenvalue weighted by Crippen LogP contribution is -2.34. The Morgan fingerprint density at radius 3 is 2.52 bits per heavy atom. The molecule has 2 aromatic carbocycles. The number of hydrogen-bond donors (Lipinski definition) is 1. The first kappa shape index (κ1) is 25.0. The fraction of sp³-hybridized carbons (Fsp3) is 0.423. The molecule has 33 heavy (non-hydrogen) atoms. The number of benzene rings is 2. The molecule has 0 saturated carbocycles. The smallest absolute Gasteiger partial charge is 0.300 e. The van der Waals surface area contributed by atoms with E-state index < -0.39 is 12.3 Å². The van der Waals surface area contributed by atoms with Gasteiger partial charge in [-0.3, -0.25) is 4.79 Å². The Morgan fingerprint density at radius 1 is 1.15 bits per heavy atom. The molecule has 1 aliphatic rings. The van der Waals surface area contributed by atoms with Crippen LogP contribution in [0.4, 0.5) is 20.2 Å². The number of anilines is 2. The predicted octanol–water partition coefficient (Wildman–Crippen LogP) is 5.89. The Morgan fingerprint density at radius 2 is 1.88 bits per heavy atom. The van der Waals surface area contributed by atoms with Gasteiger partial charge in [0.1, 0.15) is 0 Å². The van der Waals surface area contributed by atoms with Gasteiger partial charge in [0, 0.05) is 48.6 Å². The first-order valence-electron chi connectivity index (χ1n) is 11.3. The highest BCUT2D eigenvalue weighted by molar-refractivity contribution is 6.31. The molecule has 1 fully saturated rings. The number of hydrogen-bond acceptors (Lipinski definition) is 3. The summed E-state index contributed by atoms with van der Waals surface area (Å²) in [4.78, 5) is 17.0. The number of carbonyl (C=O) groups excluding carboxylic acids is 1. The first-order valence-corrected chi connectivity index (χ1v) is 11.7. The number of nitrogens with zero attached hydrogens (tertiary/aromatic N) is 2. The largest absolute Gasteiger partial charge is 0.373 e. The maximum absolute atomic E-state index is 12.7. The lowest BCUT2D eigenvalue weighted by molar-refractivity contribution is -0.111. The van der Waals surface area contributed by atoms with Crippen molar-refractivity contribution in [1.82, 2.24) is 4.90 Å². The van der Waals surface area contributed by atoms with E-state index in [1.807, 2.05) is 25.1 Å². The van der Waals surface area contributed by atoms with Crippen LogP contribution in [0.25, 0.3) is 0 Å². The summed E-state index contributed by atoms with van der Waals surface area (Å²) >= 11 is 5.99. The number of likely N-dealkylation sites (tertiary alicyclic amines) is 1. The summed E-state index contributed by atoms with van der Waals surface area (Å²) in [5.74, 6) is 4.62. The molecule has 7 heteroatoms. The fourth-order valence-electron chi connectivity index (χ4n) is 3.99. The Balaban J connectivity index is 1.57. The Bertz CT molecular complexity index is 1020. The van der Waals surface area contributed by atoms with Gasteiger partial charge >= 0.3 is 5.91 Å². The second-order valence-corrected chi connectivity index (χ2v) is 8.83.